The molecule has 9 nitrogen and oxygen atoms in total. The van der Waals surface area contributed by atoms with Crippen molar-refractivity contribution in [1.82, 2.24) is 24.1 Å². The van der Waals surface area contributed by atoms with Gasteiger partial charge in [-0.05, 0) is 29.6 Å². The molecule has 4 aromatic heterocycles. The van der Waals surface area contributed by atoms with Gasteiger partial charge < -0.3 is 10.3 Å². The topological polar surface area (TPSA) is 115 Å². The van der Waals surface area contributed by atoms with Crippen molar-refractivity contribution in [1.29, 1.82) is 0 Å². The Balaban J connectivity index is 1.55. The molecule has 0 saturated heterocycles. The van der Waals surface area contributed by atoms with Crippen molar-refractivity contribution in [3.05, 3.63) is 74.4 Å². The van der Waals surface area contributed by atoms with E-state index in [4.69, 9.17) is 0 Å². The van der Waals surface area contributed by atoms with Crippen LogP contribution in [0.1, 0.15) is 10.4 Å². The van der Waals surface area contributed by atoms with Crippen molar-refractivity contribution >= 4 is 45.0 Å². The lowest BCUT2D eigenvalue weighted by molar-refractivity contribution is 0.102. The summed E-state index contributed by atoms with van der Waals surface area (Å²) in [5, 5.41) is 4.98. The van der Waals surface area contributed by atoms with E-state index in [-0.39, 0.29) is 16.9 Å². The number of rotatable bonds is 3. The first-order valence-electron chi connectivity index (χ1n) is 9.34. The van der Waals surface area contributed by atoms with Gasteiger partial charge in [0.1, 0.15) is 17.0 Å². The zero-order valence-electron chi connectivity index (χ0n) is 16.5. The highest BCUT2D eigenvalue weighted by Crippen LogP contribution is 2.26. The predicted octanol–water partition coefficient (Wildman–Crippen LogP) is 2.49. The predicted molar refractivity (Wildman–Crippen MR) is 120 cm³/mol. The molecule has 31 heavy (non-hydrogen) atoms. The lowest BCUT2D eigenvalue weighted by Gasteiger charge is -2.09. The molecular weight excluding hydrogens is 416 g/mol. The molecule has 1 aromatic carbocycles. The minimum absolute atomic E-state index is 0.236. The number of amides is 1. The van der Waals surface area contributed by atoms with Gasteiger partial charge in [-0.15, -0.1) is 11.3 Å². The molecular formula is C21H16N6O3S. The number of H-pyrrole nitrogens is 1. The van der Waals surface area contributed by atoms with Gasteiger partial charge in [-0.25, -0.2) is 14.8 Å². The Labute approximate surface area is 178 Å². The fourth-order valence-electron chi connectivity index (χ4n) is 3.48. The number of aryl methyl sites for hydroxylation is 1. The molecule has 0 unspecified atom stereocenters. The SMILES string of the molecule is Cn1c(=O)c2cc(NC(=O)c3cccc4[nH]c(-c5cccs5)nc34)cnc2n(C)c1=O. The van der Waals surface area contributed by atoms with Crippen LogP contribution in [0.15, 0.2) is 57.6 Å². The van der Waals surface area contributed by atoms with Crippen molar-refractivity contribution in [3.8, 4) is 10.7 Å². The highest BCUT2D eigenvalue weighted by molar-refractivity contribution is 7.13. The number of hydrogen-bond donors (Lipinski definition) is 2. The zero-order chi connectivity index (χ0) is 21.7. The minimum Gasteiger partial charge on any atom is -0.337 e. The van der Waals surface area contributed by atoms with Gasteiger partial charge >= 0.3 is 5.69 Å². The van der Waals surface area contributed by atoms with Crippen LogP contribution in [0.2, 0.25) is 0 Å². The molecule has 0 bridgehead atoms. The smallest absolute Gasteiger partial charge is 0.332 e. The number of pyridine rings is 1. The summed E-state index contributed by atoms with van der Waals surface area (Å²) in [6, 6.07) is 10.7. The largest absolute Gasteiger partial charge is 0.337 e. The molecule has 0 radical (unpaired) electrons. The van der Waals surface area contributed by atoms with E-state index in [9.17, 15) is 14.4 Å². The average molecular weight is 432 g/mol. The molecule has 0 spiro atoms. The summed E-state index contributed by atoms with van der Waals surface area (Å²) in [6.45, 7) is 0. The molecule has 0 aliphatic rings. The first-order chi connectivity index (χ1) is 14.9. The number of imidazole rings is 1. The maximum absolute atomic E-state index is 13.0. The number of aromatic amines is 1. The summed E-state index contributed by atoms with van der Waals surface area (Å²) in [5.74, 6) is 0.319. The van der Waals surface area contributed by atoms with Crippen molar-refractivity contribution in [3.63, 3.8) is 0 Å². The Hall–Kier alpha value is -4.05. The van der Waals surface area contributed by atoms with Gasteiger partial charge in [-0.3, -0.25) is 18.7 Å². The molecule has 4 heterocycles. The Kier molecular flexibility index (Phi) is 4.29. The highest BCUT2D eigenvalue weighted by Gasteiger charge is 2.16. The van der Waals surface area contributed by atoms with Crippen LogP contribution in [0.5, 0.6) is 0 Å². The molecule has 0 aliphatic heterocycles. The third-order valence-electron chi connectivity index (χ3n) is 5.06. The van der Waals surface area contributed by atoms with E-state index < -0.39 is 11.2 Å². The third-order valence-corrected chi connectivity index (χ3v) is 5.94. The van der Waals surface area contributed by atoms with Crippen LogP contribution in [0.4, 0.5) is 5.69 Å². The lowest BCUT2D eigenvalue weighted by atomic mass is 10.1. The number of benzene rings is 1. The van der Waals surface area contributed by atoms with Crippen LogP contribution in [0.25, 0.3) is 32.8 Å². The summed E-state index contributed by atoms with van der Waals surface area (Å²) in [4.78, 5) is 50.6. The second-order valence-corrected chi connectivity index (χ2v) is 7.97. The number of thiophene rings is 1. The Morgan fingerprint density at radius 1 is 1.13 bits per heavy atom. The number of nitrogens with zero attached hydrogens (tertiary/aromatic N) is 4. The van der Waals surface area contributed by atoms with Crippen LogP contribution in [0, 0.1) is 0 Å². The van der Waals surface area contributed by atoms with Gasteiger partial charge in [0.15, 0.2) is 0 Å². The number of fused-ring (bicyclic) bond motifs is 2. The number of anilines is 1. The normalized spacial score (nSPS) is 11.3. The van der Waals surface area contributed by atoms with E-state index in [0.717, 1.165) is 15.0 Å². The average Bonchev–Trinajstić information content (AvgIpc) is 3.45. The van der Waals surface area contributed by atoms with Gasteiger partial charge in [-0.1, -0.05) is 12.1 Å². The van der Waals surface area contributed by atoms with Crippen LogP contribution in [-0.4, -0.2) is 30.0 Å². The number of aromatic nitrogens is 5. The van der Waals surface area contributed by atoms with E-state index in [1.54, 1.807) is 30.5 Å². The van der Waals surface area contributed by atoms with Crippen LogP contribution in [-0.2, 0) is 14.1 Å². The molecule has 5 rings (SSSR count). The summed E-state index contributed by atoms with van der Waals surface area (Å²) >= 11 is 1.56. The number of carbonyl (C=O) groups excluding carboxylic acids is 1. The van der Waals surface area contributed by atoms with E-state index in [1.807, 2.05) is 23.6 Å². The highest BCUT2D eigenvalue weighted by atomic mass is 32.1. The maximum Gasteiger partial charge on any atom is 0.332 e. The van der Waals surface area contributed by atoms with Gasteiger partial charge in [0.05, 0.1) is 33.2 Å². The molecule has 0 atom stereocenters. The second kappa shape index (κ2) is 7.03. The Morgan fingerprint density at radius 2 is 1.97 bits per heavy atom. The third kappa shape index (κ3) is 3.04. The molecule has 154 valence electrons. The van der Waals surface area contributed by atoms with Crippen molar-refractivity contribution in [2.45, 2.75) is 0 Å². The molecule has 0 aliphatic carbocycles. The van der Waals surface area contributed by atoms with Crippen LogP contribution >= 0.6 is 11.3 Å². The summed E-state index contributed by atoms with van der Waals surface area (Å²) < 4.78 is 2.30. The molecule has 2 N–H and O–H groups in total. The standard InChI is InChI=1S/C21H16N6O3S/c1-26-18-13(20(29)27(2)21(26)30)9-11(10-22-18)23-19(28)12-5-3-6-14-16(12)25-17(24-14)15-7-4-8-31-15/h3-10H,1-2H3,(H,23,28)(H,24,25). The van der Waals surface area contributed by atoms with Crippen LogP contribution in [0.3, 0.4) is 0 Å². The number of para-hydroxylation sites is 1. The number of carbonyl (C=O) groups is 1. The van der Waals surface area contributed by atoms with E-state index in [2.05, 4.69) is 20.3 Å². The number of hydrogen-bond acceptors (Lipinski definition) is 6. The first kappa shape index (κ1) is 18.9. The Bertz CT molecular complexity index is 1590. The van der Waals surface area contributed by atoms with E-state index in [0.29, 0.717) is 22.6 Å². The van der Waals surface area contributed by atoms with Crippen molar-refractivity contribution in [2.75, 3.05) is 5.32 Å². The van der Waals surface area contributed by atoms with Gasteiger partial charge in [0.2, 0.25) is 0 Å². The molecule has 1 amide bonds. The fraction of sp³-hybridized carbons (Fsp3) is 0.0952. The monoisotopic (exact) mass is 432 g/mol. The summed E-state index contributed by atoms with van der Waals surface area (Å²) in [7, 11) is 2.94. The maximum atomic E-state index is 13.0. The first-order valence-corrected chi connectivity index (χ1v) is 10.2. The van der Waals surface area contributed by atoms with Crippen LogP contribution < -0.4 is 16.6 Å². The summed E-state index contributed by atoms with van der Waals surface area (Å²) in [5.41, 5.74) is 1.35. The molecule has 0 fully saturated rings. The van der Waals surface area contributed by atoms with E-state index in [1.165, 1.54) is 23.9 Å². The Morgan fingerprint density at radius 3 is 2.74 bits per heavy atom. The van der Waals surface area contributed by atoms with Gasteiger partial charge in [0, 0.05) is 14.1 Å². The van der Waals surface area contributed by atoms with Crippen molar-refractivity contribution < 1.29 is 4.79 Å². The molecule has 5 aromatic rings. The molecule has 0 saturated carbocycles. The lowest BCUT2D eigenvalue weighted by Crippen LogP contribution is -2.37. The quantitative estimate of drug-likeness (QED) is 0.455. The summed E-state index contributed by atoms with van der Waals surface area (Å²) in [6.07, 6.45) is 1.42. The van der Waals surface area contributed by atoms with Crippen molar-refractivity contribution in [2.24, 2.45) is 14.1 Å². The molecule has 10 heteroatoms. The minimum atomic E-state index is -0.475. The van der Waals surface area contributed by atoms with Gasteiger partial charge in [0.25, 0.3) is 11.5 Å². The van der Waals surface area contributed by atoms with Gasteiger partial charge in [-0.2, -0.15) is 0 Å². The second-order valence-electron chi connectivity index (χ2n) is 7.02. The fourth-order valence-corrected chi connectivity index (χ4v) is 4.15. The number of nitrogens with one attached hydrogen (secondary N) is 2. The zero-order valence-corrected chi connectivity index (χ0v) is 17.4. The van der Waals surface area contributed by atoms with E-state index >= 15 is 0 Å².